The third-order valence-corrected chi connectivity index (χ3v) is 4.84. The van der Waals surface area contributed by atoms with Gasteiger partial charge in [0, 0.05) is 49.9 Å². The molecule has 3 rings (SSSR count). The van der Waals surface area contributed by atoms with Gasteiger partial charge in [-0.25, -0.2) is 13.8 Å². The molecule has 0 aromatic carbocycles. The maximum Gasteiger partial charge on any atom is 0.257 e. The number of alkyl halides is 2. The highest BCUT2D eigenvalue weighted by molar-refractivity contribution is 5.77. The molecule has 11 heteroatoms. The maximum atomic E-state index is 12.5. The Morgan fingerprint density at radius 2 is 2.27 bits per heavy atom. The van der Waals surface area contributed by atoms with Gasteiger partial charge in [0.2, 0.25) is 11.9 Å². The van der Waals surface area contributed by atoms with Crippen LogP contribution in [0.2, 0.25) is 0 Å². The van der Waals surface area contributed by atoms with E-state index in [4.69, 9.17) is 5.26 Å². The number of amides is 1. The standard InChI is InChI=1S/C19H24F2N8O/c1-13-8-24-19(26-14-9-25-28(11-14)12-16(20)21)27-18(13)23-10-15-4-3-7-29(15)17(30)5-2-6-22/h8-9,11,15-16H,2-5,7,10,12H2,1H3,(H2,23,24,26,27). The second-order valence-electron chi connectivity index (χ2n) is 7.11. The van der Waals surface area contributed by atoms with E-state index in [2.05, 4.69) is 25.7 Å². The van der Waals surface area contributed by atoms with Crippen molar-refractivity contribution < 1.29 is 13.6 Å². The third kappa shape index (κ3) is 5.62. The highest BCUT2D eigenvalue weighted by Crippen LogP contribution is 2.21. The van der Waals surface area contributed by atoms with E-state index in [1.165, 1.54) is 12.4 Å². The van der Waals surface area contributed by atoms with Gasteiger partial charge >= 0.3 is 0 Å². The molecule has 1 unspecified atom stereocenters. The first-order valence-corrected chi connectivity index (χ1v) is 9.78. The van der Waals surface area contributed by atoms with Crippen molar-refractivity contribution in [2.45, 2.75) is 51.6 Å². The molecule has 0 spiro atoms. The van der Waals surface area contributed by atoms with Crippen LogP contribution >= 0.6 is 0 Å². The Morgan fingerprint density at radius 3 is 3.03 bits per heavy atom. The fraction of sp³-hybridized carbons (Fsp3) is 0.526. The van der Waals surface area contributed by atoms with Crippen LogP contribution in [0.15, 0.2) is 18.6 Å². The first-order valence-electron chi connectivity index (χ1n) is 9.78. The van der Waals surface area contributed by atoms with E-state index in [-0.39, 0.29) is 24.8 Å². The second-order valence-corrected chi connectivity index (χ2v) is 7.11. The van der Waals surface area contributed by atoms with Crippen molar-refractivity contribution in [3.05, 3.63) is 24.2 Å². The summed E-state index contributed by atoms with van der Waals surface area (Å²) in [5.74, 6) is 0.945. The lowest BCUT2D eigenvalue weighted by molar-refractivity contribution is -0.131. The number of aryl methyl sites for hydroxylation is 1. The van der Waals surface area contributed by atoms with Crippen molar-refractivity contribution in [2.75, 3.05) is 23.7 Å². The molecule has 1 saturated heterocycles. The van der Waals surface area contributed by atoms with E-state index in [1.54, 1.807) is 6.20 Å². The van der Waals surface area contributed by atoms with Crippen molar-refractivity contribution >= 4 is 23.4 Å². The van der Waals surface area contributed by atoms with Gasteiger partial charge in [-0.3, -0.25) is 9.48 Å². The normalized spacial score (nSPS) is 16.0. The molecule has 3 heterocycles. The molecule has 1 aliphatic rings. The molecular formula is C19H24F2N8O. The van der Waals surface area contributed by atoms with E-state index in [9.17, 15) is 13.6 Å². The minimum Gasteiger partial charge on any atom is -0.368 e. The van der Waals surface area contributed by atoms with Crippen LogP contribution in [0.4, 0.5) is 26.2 Å². The molecule has 0 saturated carbocycles. The van der Waals surface area contributed by atoms with Crippen molar-refractivity contribution in [1.29, 1.82) is 5.26 Å². The largest absolute Gasteiger partial charge is 0.368 e. The van der Waals surface area contributed by atoms with E-state index in [1.807, 2.05) is 17.9 Å². The van der Waals surface area contributed by atoms with Crippen LogP contribution < -0.4 is 10.6 Å². The average molecular weight is 418 g/mol. The zero-order valence-electron chi connectivity index (χ0n) is 16.7. The number of aromatic nitrogens is 4. The Hall–Kier alpha value is -3.29. The number of halogens is 2. The van der Waals surface area contributed by atoms with Gasteiger partial charge < -0.3 is 15.5 Å². The first-order chi connectivity index (χ1) is 14.5. The summed E-state index contributed by atoms with van der Waals surface area (Å²) in [5.41, 5.74) is 1.35. The van der Waals surface area contributed by atoms with E-state index < -0.39 is 13.0 Å². The van der Waals surface area contributed by atoms with Gasteiger partial charge in [-0.15, -0.1) is 0 Å². The molecule has 1 amide bonds. The monoisotopic (exact) mass is 418 g/mol. The topological polar surface area (TPSA) is 112 Å². The Morgan fingerprint density at radius 1 is 1.43 bits per heavy atom. The number of carbonyl (C=O) groups is 1. The summed E-state index contributed by atoms with van der Waals surface area (Å²) in [5, 5.41) is 18.8. The lowest BCUT2D eigenvalue weighted by Gasteiger charge is -2.25. The molecule has 1 atom stereocenters. The number of nitrogens with zero attached hydrogens (tertiary/aromatic N) is 6. The molecule has 0 radical (unpaired) electrons. The van der Waals surface area contributed by atoms with Crippen LogP contribution in [0.25, 0.3) is 0 Å². The van der Waals surface area contributed by atoms with Gasteiger partial charge in [0.15, 0.2) is 0 Å². The number of nitrogens with one attached hydrogen (secondary N) is 2. The molecule has 1 fully saturated rings. The molecular weight excluding hydrogens is 394 g/mol. The van der Waals surface area contributed by atoms with Crippen LogP contribution in [0.1, 0.15) is 31.2 Å². The van der Waals surface area contributed by atoms with Gasteiger partial charge in [-0.2, -0.15) is 15.3 Å². The van der Waals surface area contributed by atoms with E-state index >= 15 is 0 Å². The fourth-order valence-electron chi connectivity index (χ4n) is 3.38. The van der Waals surface area contributed by atoms with Crippen LogP contribution in [-0.4, -0.2) is 56.1 Å². The molecule has 0 aliphatic carbocycles. The fourth-order valence-corrected chi connectivity index (χ4v) is 3.38. The predicted molar refractivity (Wildman–Crippen MR) is 106 cm³/mol. The Kier molecular flexibility index (Phi) is 7.11. The number of nitriles is 1. The van der Waals surface area contributed by atoms with Gasteiger partial charge in [-0.1, -0.05) is 0 Å². The summed E-state index contributed by atoms with van der Waals surface area (Å²) in [7, 11) is 0. The first kappa shape index (κ1) is 21.4. The summed E-state index contributed by atoms with van der Waals surface area (Å²) >= 11 is 0. The number of hydrogen-bond acceptors (Lipinski definition) is 7. The maximum absolute atomic E-state index is 12.5. The van der Waals surface area contributed by atoms with Gasteiger partial charge in [0.05, 0.1) is 18.0 Å². The number of hydrogen-bond donors (Lipinski definition) is 2. The lowest BCUT2D eigenvalue weighted by atomic mass is 10.2. The molecule has 2 aromatic heterocycles. The average Bonchev–Trinajstić information content (AvgIpc) is 3.35. The molecule has 30 heavy (non-hydrogen) atoms. The lowest BCUT2D eigenvalue weighted by Crippen LogP contribution is -2.39. The van der Waals surface area contributed by atoms with Gasteiger partial charge in [-0.05, 0) is 19.8 Å². The highest BCUT2D eigenvalue weighted by atomic mass is 19.3. The molecule has 2 N–H and O–H groups in total. The number of anilines is 3. The summed E-state index contributed by atoms with van der Waals surface area (Å²) in [6.45, 7) is 2.64. The zero-order valence-corrected chi connectivity index (χ0v) is 16.7. The SMILES string of the molecule is Cc1cnc(Nc2cnn(CC(F)F)c2)nc1NCC1CCCN1C(=O)CCC#N. The predicted octanol–water partition coefficient (Wildman–Crippen LogP) is 2.70. The number of carbonyl (C=O) groups excluding carboxylic acids is 1. The third-order valence-electron chi connectivity index (χ3n) is 4.84. The smallest absolute Gasteiger partial charge is 0.257 e. The van der Waals surface area contributed by atoms with Gasteiger partial charge in [0.1, 0.15) is 12.4 Å². The van der Waals surface area contributed by atoms with Crippen molar-refractivity contribution in [1.82, 2.24) is 24.6 Å². The molecule has 160 valence electrons. The molecule has 9 nitrogen and oxygen atoms in total. The quantitative estimate of drug-likeness (QED) is 0.644. The van der Waals surface area contributed by atoms with E-state index in [0.717, 1.165) is 23.1 Å². The minimum atomic E-state index is -2.48. The zero-order chi connectivity index (χ0) is 21.5. The van der Waals surface area contributed by atoms with Crippen molar-refractivity contribution in [3.63, 3.8) is 0 Å². The van der Waals surface area contributed by atoms with Crippen LogP contribution in [0, 0.1) is 18.3 Å². The Bertz CT molecular complexity index is 910. The number of likely N-dealkylation sites (tertiary alicyclic amines) is 1. The van der Waals surface area contributed by atoms with Gasteiger partial charge in [0.25, 0.3) is 6.43 Å². The summed E-state index contributed by atoms with van der Waals surface area (Å²) in [6, 6.07) is 2.06. The Balaban J connectivity index is 1.60. The Labute approximate surface area is 173 Å². The molecule has 1 aliphatic heterocycles. The van der Waals surface area contributed by atoms with Crippen molar-refractivity contribution in [3.8, 4) is 6.07 Å². The summed E-state index contributed by atoms with van der Waals surface area (Å²) in [6.07, 6.45) is 4.37. The van der Waals surface area contributed by atoms with Crippen molar-refractivity contribution in [2.24, 2.45) is 0 Å². The van der Waals surface area contributed by atoms with Crippen LogP contribution in [0.5, 0.6) is 0 Å². The second kappa shape index (κ2) is 9.96. The summed E-state index contributed by atoms with van der Waals surface area (Å²) in [4.78, 5) is 22.8. The summed E-state index contributed by atoms with van der Waals surface area (Å²) < 4.78 is 26.1. The highest BCUT2D eigenvalue weighted by Gasteiger charge is 2.28. The van der Waals surface area contributed by atoms with Crippen LogP contribution in [-0.2, 0) is 11.3 Å². The van der Waals surface area contributed by atoms with Crippen LogP contribution in [0.3, 0.4) is 0 Å². The molecule has 0 bridgehead atoms. The van der Waals surface area contributed by atoms with E-state index in [0.29, 0.717) is 30.5 Å². The molecule has 2 aromatic rings. The number of rotatable bonds is 9. The minimum absolute atomic E-state index is 0.00317.